The van der Waals surface area contributed by atoms with Crippen LogP contribution in [0.3, 0.4) is 0 Å². The molecule has 3 rings (SSSR count). The van der Waals surface area contributed by atoms with Gasteiger partial charge in [0.05, 0.1) is 5.56 Å². The van der Waals surface area contributed by atoms with Crippen molar-refractivity contribution in [3.63, 3.8) is 0 Å². The molecule has 1 aliphatic rings. The molecule has 1 aromatic carbocycles. The Labute approximate surface area is 154 Å². The smallest absolute Gasteiger partial charge is 0.254 e. The predicted molar refractivity (Wildman–Crippen MR) is 99.6 cm³/mol. The maximum Gasteiger partial charge on any atom is 0.254 e. The fraction of sp³-hybridized carbons (Fsp3) is 0.278. The van der Waals surface area contributed by atoms with E-state index in [0.717, 1.165) is 5.82 Å². The van der Waals surface area contributed by atoms with Gasteiger partial charge in [-0.15, -0.1) is 0 Å². The minimum absolute atomic E-state index is 0.0611. The van der Waals surface area contributed by atoms with Gasteiger partial charge in [-0.1, -0.05) is 6.07 Å². The molecule has 0 spiro atoms. The molecule has 2 amide bonds. The number of carbonyl (C=O) groups is 2. The second kappa shape index (κ2) is 7.65. The highest BCUT2D eigenvalue weighted by molar-refractivity contribution is 7.84. The molecular weight excluding hydrogens is 352 g/mol. The first-order valence-electron chi connectivity index (χ1n) is 8.19. The van der Waals surface area contributed by atoms with Crippen LogP contribution in [0.5, 0.6) is 0 Å². The van der Waals surface area contributed by atoms with Crippen molar-refractivity contribution in [2.24, 2.45) is 5.73 Å². The Morgan fingerprint density at radius 1 is 1.08 bits per heavy atom. The fourth-order valence-corrected chi connectivity index (χ4v) is 3.41. The van der Waals surface area contributed by atoms with Gasteiger partial charge < -0.3 is 15.5 Å². The number of rotatable bonds is 4. The topological polar surface area (TPSA) is 96.6 Å². The van der Waals surface area contributed by atoms with Crippen LogP contribution in [-0.2, 0) is 10.8 Å². The molecule has 2 heterocycles. The van der Waals surface area contributed by atoms with E-state index in [1.807, 2.05) is 0 Å². The van der Waals surface area contributed by atoms with Crippen molar-refractivity contribution in [2.45, 2.75) is 4.90 Å². The summed E-state index contributed by atoms with van der Waals surface area (Å²) in [7, 11) is -1.12. The number of nitrogens with two attached hydrogens (primary N) is 1. The summed E-state index contributed by atoms with van der Waals surface area (Å²) in [4.78, 5) is 32.6. The number of carbonyl (C=O) groups excluding carboxylic acids is 2. The highest BCUT2D eigenvalue weighted by Gasteiger charge is 2.23. The van der Waals surface area contributed by atoms with Crippen molar-refractivity contribution >= 4 is 28.4 Å². The molecule has 0 bridgehead atoms. The van der Waals surface area contributed by atoms with E-state index in [2.05, 4.69) is 9.88 Å². The van der Waals surface area contributed by atoms with E-state index >= 15 is 0 Å². The molecular formula is C18H20N4O3S. The number of anilines is 1. The maximum atomic E-state index is 12.7. The third-order valence-electron chi connectivity index (χ3n) is 4.34. The summed E-state index contributed by atoms with van der Waals surface area (Å²) in [5, 5.41) is 0. The first kappa shape index (κ1) is 18.1. The molecule has 1 aromatic heterocycles. The Balaban J connectivity index is 1.64. The van der Waals surface area contributed by atoms with Gasteiger partial charge in [0.1, 0.15) is 5.82 Å². The van der Waals surface area contributed by atoms with Crippen LogP contribution in [0.4, 0.5) is 5.82 Å². The molecule has 0 aliphatic carbocycles. The number of primary amides is 1. The van der Waals surface area contributed by atoms with E-state index in [4.69, 9.17) is 5.73 Å². The molecule has 1 atom stereocenters. The highest BCUT2D eigenvalue weighted by atomic mass is 32.2. The third kappa shape index (κ3) is 3.91. The number of aromatic nitrogens is 1. The average Bonchev–Trinajstić information content (AvgIpc) is 2.67. The van der Waals surface area contributed by atoms with Gasteiger partial charge in [0.2, 0.25) is 5.91 Å². The van der Waals surface area contributed by atoms with Gasteiger partial charge in [0.25, 0.3) is 5.91 Å². The number of amides is 2. The summed E-state index contributed by atoms with van der Waals surface area (Å²) in [5.74, 6) is 0.189. The zero-order chi connectivity index (χ0) is 18.7. The predicted octanol–water partition coefficient (Wildman–Crippen LogP) is 0.880. The molecule has 0 radical (unpaired) electrons. The summed E-state index contributed by atoms with van der Waals surface area (Å²) in [6.45, 7) is 2.43. The summed E-state index contributed by atoms with van der Waals surface area (Å²) in [6.07, 6.45) is 3.06. The number of benzene rings is 1. The number of piperazine rings is 1. The summed E-state index contributed by atoms with van der Waals surface area (Å²) < 4.78 is 11.6. The van der Waals surface area contributed by atoms with Crippen molar-refractivity contribution in [3.05, 3.63) is 53.7 Å². The first-order valence-corrected chi connectivity index (χ1v) is 9.75. The minimum Gasteiger partial charge on any atom is -0.366 e. The molecule has 1 unspecified atom stereocenters. The van der Waals surface area contributed by atoms with Gasteiger partial charge in [-0.2, -0.15) is 0 Å². The molecule has 26 heavy (non-hydrogen) atoms. The van der Waals surface area contributed by atoms with E-state index in [0.29, 0.717) is 42.2 Å². The van der Waals surface area contributed by atoms with E-state index < -0.39 is 16.7 Å². The maximum absolute atomic E-state index is 12.7. The van der Waals surface area contributed by atoms with Crippen molar-refractivity contribution in [1.82, 2.24) is 9.88 Å². The van der Waals surface area contributed by atoms with E-state index in [-0.39, 0.29) is 5.91 Å². The van der Waals surface area contributed by atoms with Crippen molar-refractivity contribution in [2.75, 3.05) is 37.3 Å². The Morgan fingerprint density at radius 3 is 2.38 bits per heavy atom. The molecule has 1 saturated heterocycles. The molecule has 8 heteroatoms. The quantitative estimate of drug-likeness (QED) is 0.859. The molecule has 2 aromatic rings. The van der Waals surface area contributed by atoms with Gasteiger partial charge in [0.15, 0.2) is 0 Å². The van der Waals surface area contributed by atoms with Gasteiger partial charge in [-0.25, -0.2) is 4.98 Å². The highest BCUT2D eigenvalue weighted by Crippen LogP contribution is 2.17. The zero-order valence-electron chi connectivity index (χ0n) is 14.4. The van der Waals surface area contributed by atoms with Crippen LogP contribution in [0.15, 0.2) is 47.5 Å². The number of nitrogens with zero attached hydrogens (tertiary/aromatic N) is 3. The zero-order valence-corrected chi connectivity index (χ0v) is 15.2. The molecule has 0 saturated carbocycles. The molecule has 136 valence electrons. The largest absolute Gasteiger partial charge is 0.366 e. The lowest BCUT2D eigenvalue weighted by molar-refractivity contribution is 0.0746. The van der Waals surface area contributed by atoms with Gasteiger partial charge in [0, 0.05) is 59.9 Å². The van der Waals surface area contributed by atoms with Gasteiger partial charge in [-0.05, 0) is 30.3 Å². The van der Waals surface area contributed by atoms with E-state index in [9.17, 15) is 13.8 Å². The first-order chi connectivity index (χ1) is 12.5. The molecule has 1 aliphatic heterocycles. The van der Waals surface area contributed by atoms with Crippen molar-refractivity contribution < 1.29 is 13.8 Å². The van der Waals surface area contributed by atoms with Crippen LogP contribution in [0, 0.1) is 0 Å². The van der Waals surface area contributed by atoms with E-state index in [1.54, 1.807) is 47.6 Å². The summed E-state index contributed by atoms with van der Waals surface area (Å²) in [5.41, 5.74) is 6.14. The van der Waals surface area contributed by atoms with Crippen LogP contribution in [0.25, 0.3) is 0 Å². The van der Waals surface area contributed by atoms with Crippen molar-refractivity contribution in [1.29, 1.82) is 0 Å². The normalized spacial score (nSPS) is 15.6. The van der Waals surface area contributed by atoms with Gasteiger partial charge >= 0.3 is 0 Å². The SMILES string of the molecule is CS(=O)c1cccc(C(=O)N2CCN(c3ccc(C(N)=O)cn3)CC2)c1. The second-order valence-electron chi connectivity index (χ2n) is 6.03. The van der Waals surface area contributed by atoms with Crippen molar-refractivity contribution in [3.8, 4) is 0 Å². The van der Waals surface area contributed by atoms with E-state index in [1.165, 1.54) is 6.20 Å². The summed E-state index contributed by atoms with van der Waals surface area (Å²) >= 11 is 0. The number of hydrogen-bond acceptors (Lipinski definition) is 5. The number of pyridine rings is 1. The third-order valence-corrected chi connectivity index (χ3v) is 5.25. The molecule has 1 fully saturated rings. The molecule has 7 nitrogen and oxygen atoms in total. The van der Waals surface area contributed by atoms with Crippen LogP contribution < -0.4 is 10.6 Å². The fourth-order valence-electron chi connectivity index (χ4n) is 2.85. The Kier molecular flexibility index (Phi) is 5.32. The lowest BCUT2D eigenvalue weighted by atomic mass is 10.2. The second-order valence-corrected chi connectivity index (χ2v) is 7.41. The summed E-state index contributed by atoms with van der Waals surface area (Å²) in [6, 6.07) is 10.4. The Morgan fingerprint density at radius 2 is 1.81 bits per heavy atom. The lowest BCUT2D eigenvalue weighted by Gasteiger charge is -2.35. The minimum atomic E-state index is -1.12. The monoisotopic (exact) mass is 372 g/mol. The lowest BCUT2D eigenvalue weighted by Crippen LogP contribution is -2.49. The Bertz CT molecular complexity index is 846. The Hall–Kier alpha value is -2.74. The van der Waals surface area contributed by atoms with Crippen LogP contribution >= 0.6 is 0 Å². The molecule has 2 N–H and O–H groups in total. The van der Waals surface area contributed by atoms with Gasteiger partial charge in [-0.3, -0.25) is 13.8 Å². The standard InChI is InChI=1S/C18H20N4O3S/c1-26(25)15-4-2-3-13(11-15)18(24)22-9-7-21(8-10-22)16-6-5-14(12-20-16)17(19)23/h2-6,11-12H,7-10H2,1H3,(H2,19,23). The average molecular weight is 372 g/mol. The van der Waals surface area contributed by atoms with Crippen LogP contribution in [0.2, 0.25) is 0 Å². The van der Waals surface area contributed by atoms with Crippen LogP contribution in [-0.4, -0.2) is 58.3 Å². The number of hydrogen-bond donors (Lipinski definition) is 1. The van der Waals surface area contributed by atoms with Crippen LogP contribution in [0.1, 0.15) is 20.7 Å².